The SMILES string of the molecule is CC(C)(C)NCC1(CN2CCc3ccccc32)CCOC1. The molecule has 1 aromatic carbocycles. The van der Waals surface area contributed by atoms with E-state index in [0.717, 1.165) is 39.3 Å². The summed E-state index contributed by atoms with van der Waals surface area (Å²) in [6.45, 7) is 11.8. The molecule has 1 N–H and O–H groups in total. The number of ether oxygens (including phenoxy) is 1. The molecule has 2 aliphatic rings. The van der Waals surface area contributed by atoms with E-state index < -0.39 is 0 Å². The van der Waals surface area contributed by atoms with E-state index in [1.165, 1.54) is 17.7 Å². The van der Waals surface area contributed by atoms with Crippen LogP contribution in [-0.4, -0.2) is 38.4 Å². The zero-order valence-corrected chi connectivity index (χ0v) is 13.6. The fraction of sp³-hybridized carbons (Fsp3) is 0.667. The Kier molecular flexibility index (Phi) is 3.98. The topological polar surface area (TPSA) is 24.5 Å². The summed E-state index contributed by atoms with van der Waals surface area (Å²) >= 11 is 0. The van der Waals surface area contributed by atoms with Gasteiger partial charge in [-0.1, -0.05) is 18.2 Å². The highest BCUT2D eigenvalue weighted by Gasteiger charge is 2.38. The monoisotopic (exact) mass is 288 g/mol. The first-order valence-electron chi connectivity index (χ1n) is 8.13. The van der Waals surface area contributed by atoms with Gasteiger partial charge in [-0.25, -0.2) is 0 Å². The van der Waals surface area contributed by atoms with Crippen LogP contribution in [0.15, 0.2) is 24.3 Å². The molecule has 0 amide bonds. The van der Waals surface area contributed by atoms with E-state index in [2.05, 4.69) is 55.3 Å². The summed E-state index contributed by atoms with van der Waals surface area (Å²) in [5.74, 6) is 0. The third-order valence-corrected chi connectivity index (χ3v) is 4.69. The molecule has 0 aliphatic carbocycles. The van der Waals surface area contributed by atoms with Crippen LogP contribution in [-0.2, 0) is 11.2 Å². The lowest BCUT2D eigenvalue weighted by Crippen LogP contribution is -2.49. The van der Waals surface area contributed by atoms with Gasteiger partial charge in [-0.05, 0) is 45.2 Å². The average molecular weight is 288 g/mol. The van der Waals surface area contributed by atoms with Crippen LogP contribution in [0.5, 0.6) is 0 Å². The number of hydrogen-bond acceptors (Lipinski definition) is 3. The molecule has 0 saturated carbocycles. The highest BCUT2D eigenvalue weighted by Crippen LogP contribution is 2.35. The summed E-state index contributed by atoms with van der Waals surface area (Å²) in [7, 11) is 0. The summed E-state index contributed by atoms with van der Waals surface area (Å²) in [6.07, 6.45) is 2.34. The van der Waals surface area contributed by atoms with Crippen LogP contribution in [0.1, 0.15) is 32.8 Å². The van der Waals surface area contributed by atoms with Gasteiger partial charge in [0.15, 0.2) is 0 Å². The maximum atomic E-state index is 5.76. The maximum Gasteiger partial charge on any atom is 0.0552 e. The highest BCUT2D eigenvalue weighted by atomic mass is 16.5. The number of rotatable bonds is 4. The van der Waals surface area contributed by atoms with Crippen LogP contribution in [0.2, 0.25) is 0 Å². The van der Waals surface area contributed by atoms with Crippen LogP contribution in [0.4, 0.5) is 5.69 Å². The van der Waals surface area contributed by atoms with Crippen molar-refractivity contribution in [3.63, 3.8) is 0 Å². The number of hydrogen-bond donors (Lipinski definition) is 1. The Labute approximate surface area is 128 Å². The summed E-state index contributed by atoms with van der Waals surface area (Å²) < 4.78 is 5.76. The molecule has 1 aromatic rings. The summed E-state index contributed by atoms with van der Waals surface area (Å²) in [5.41, 5.74) is 3.35. The van der Waals surface area contributed by atoms with Crippen LogP contribution >= 0.6 is 0 Å². The molecular formula is C18H28N2O. The van der Waals surface area contributed by atoms with Gasteiger partial charge in [0.25, 0.3) is 0 Å². The first-order valence-corrected chi connectivity index (χ1v) is 8.13. The highest BCUT2D eigenvalue weighted by molar-refractivity contribution is 5.58. The molecule has 21 heavy (non-hydrogen) atoms. The van der Waals surface area contributed by atoms with Gasteiger partial charge < -0.3 is 15.0 Å². The van der Waals surface area contributed by atoms with E-state index in [9.17, 15) is 0 Å². The van der Waals surface area contributed by atoms with E-state index >= 15 is 0 Å². The predicted molar refractivity (Wildman–Crippen MR) is 88.0 cm³/mol. The third-order valence-electron chi connectivity index (χ3n) is 4.69. The van der Waals surface area contributed by atoms with Crippen molar-refractivity contribution in [1.29, 1.82) is 0 Å². The minimum atomic E-state index is 0.165. The lowest BCUT2D eigenvalue weighted by Gasteiger charge is -2.36. The zero-order chi connectivity index (χ0) is 14.9. The second-order valence-electron chi connectivity index (χ2n) is 7.71. The molecule has 2 aliphatic heterocycles. The number of benzene rings is 1. The molecule has 0 spiro atoms. The maximum absolute atomic E-state index is 5.76. The van der Waals surface area contributed by atoms with Gasteiger partial charge in [0.1, 0.15) is 0 Å². The molecule has 1 fully saturated rings. The molecule has 3 heteroatoms. The number of nitrogens with one attached hydrogen (secondary N) is 1. The van der Waals surface area contributed by atoms with E-state index in [0.29, 0.717) is 0 Å². The summed E-state index contributed by atoms with van der Waals surface area (Å²) in [4.78, 5) is 2.56. The van der Waals surface area contributed by atoms with E-state index in [1.54, 1.807) is 0 Å². The van der Waals surface area contributed by atoms with Gasteiger partial charge in [-0.3, -0.25) is 0 Å². The van der Waals surface area contributed by atoms with Crippen LogP contribution in [0.3, 0.4) is 0 Å². The van der Waals surface area contributed by atoms with Crippen molar-refractivity contribution in [3.8, 4) is 0 Å². The van der Waals surface area contributed by atoms with Gasteiger partial charge in [-0.2, -0.15) is 0 Å². The number of fused-ring (bicyclic) bond motifs is 1. The van der Waals surface area contributed by atoms with Crippen molar-refractivity contribution in [2.24, 2.45) is 5.41 Å². The lowest BCUT2D eigenvalue weighted by atomic mass is 9.85. The van der Waals surface area contributed by atoms with Crippen molar-refractivity contribution in [2.45, 2.75) is 39.2 Å². The van der Waals surface area contributed by atoms with Gasteiger partial charge in [0.2, 0.25) is 0 Å². The minimum absolute atomic E-state index is 0.165. The number of anilines is 1. The first kappa shape index (κ1) is 14.9. The number of nitrogens with zero attached hydrogens (tertiary/aromatic N) is 1. The zero-order valence-electron chi connectivity index (χ0n) is 13.6. The van der Waals surface area contributed by atoms with Crippen LogP contribution in [0.25, 0.3) is 0 Å². The molecule has 0 bridgehead atoms. The van der Waals surface area contributed by atoms with Crippen molar-refractivity contribution in [3.05, 3.63) is 29.8 Å². The van der Waals surface area contributed by atoms with E-state index in [4.69, 9.17) is 4.74 Å². The normalized spacial score (nSPS) is 25.4. The molecule has 1 atom stereocenters. The number of para-hydroxylation sites is 1. The molecule has 1 unspecified atom stereocenters. The molecular weight excluding hydrogens is 260 g/mol. The van der Waals surface area contributed by atoms with E-state index in [1.807, 2.05) is 0 Å². The molecule has 116 valence electrons. The Balaban J connectivity index is 1.71. The second kappa shape index (κ2) is 5.62. The van der Waals surface area contributed by atoms with Crippen LogP contribution < -0.4 is 10.2 Å². The van der Waals surface area contributed by atoms with Gasteiger partial charge in [-0.15, -0.1) is 0 Å². The first-order chi connectivity index (χ1) is 9.98. The largest absolute Gasteiger partial charge is 0.381 e. The Morgan fingerprint density at radius 2 is 2.10 bits per heavy atom. The Morgan fingerprint density at radius 3 is 2.81 bits per heavy atom. The smallest absolute Gasteiger partial charge is 0.0552 e. The van der Waals surface area contributed by atoms with Crippen molar-refractivity contribution in [1.82, 2.24) is 5.32 Å². The van der Waals surface area contributed by atoms with Gasteiger partial charge >= 0.3 is 0 Å². The third kappa shape index (κ3) is 3.41. The fourth-order valence-corrected chi connectivity index (χ4v) is 3.40. The van der Waals surface area contributed by atoms with Crippen molar-refractivity contribution < 1.29 is 4.74 Å². The van der Waals surface area contributed by atoms with Crippen molar-refractivity contribution >= 4 is 5.69 Å². The molecule has 1 saturated heterocycles. The Morgan fingerprint density at radius 1 is 1.29 bits per heavy atom. The molecule has 2 heterocycles. The van der Waals surface area contributed by atoms with Crippen molar-refractivity contribution in [2.75, 3.05) is 37.7 Å². The Bertz CT molecular complexity index is 486. The average Bonchev–Trinajstić information content (AvgIpc) is 3.05. The molecule has 3 nitrogen and oxygen atoms in total. The van der Waals surface area contributed by atoms with Gasteiger partial charge in [0.05, 0.1) is 6.61 Å². The summed E-state index contributed by atoms with van der Waals surface area (Å²) in [6, 6.07) is 8.84. The molecule has 3 rings (SSSR count). The van der Waals surface area contributed by atoms with E-state index in [-0.39, 0.29) is 11.0 Å². The quantitative estimate of drug-likeness (QED) is 0.922. The summed E-state index contributed by atoms with van der Waals surface area (Å²) in [5, 5.41) is 3.70. The molecule has 0 aromatic heterocycles. The Hall–Kier alpha value is -1.06. The lowest BCUT2D eigenvalue weighted by molar-refractivity contribution is 0.147. The fourth-order valence-electron chi connectivity index (χ4n) is 3.40. The van der Waals surface area contributed by atoms with Gasteiger partial charge in [0, 0.05) is 42.9 Å². The minimum Gasteiger partial charge on any atom is -0.381 e. The molecule has 0 radical (unpaired) electrons. The predicted octanol–water partition coefficient (Wildman–Crippen LogP) is 2.84. The standard InChI is InChI=1S/C18H28N2O/c1-17(2,3)19-12-18(9-11-21-14-18)13-20-10-8-15-6-4-5-7-16(15)20/h4-7,19H,8-14H2,1-3H3. The van der Waals surface area contributed by atoms with Crippen LogP contribution in [0, 0.1) is 5.41 Å². The second-order valence-corrected chi connectivity index (χ2v) is 7.71.